The molecule has 0 atom stereocenters. The van der Waals surface area contributed by atoms with Crippen molar-refractivity contribution in [1.82, 2.24) is 0 Å². The second kappa shape index (κ2) is 10.8. The van der Waals surface area contributed by atoms with E-state index in [2.05, 4.69) is 10.6 Å². The molecule has 27 heavy (non-hydrogen) atoms. The summed E-state index contributed by atoms with van der Waals surface area (Å²) in [6, 6.07) is 11.5. The Morgan fingerprint density at radius 3 is 1.37 bits per heavy atom. The van der Waals surface area contributed by atoms with Crippen molar-refractivity contribution in [3.63, 3.8) is 0 Å². The maximum atomic E-state index is 12.0. The number of alkyl halides is 1. The lowest BCUT2D eigenvalue weighted by atomic mass is 10.2. The molecule has 0 saturated carbocycles. The first-order valence-electron chi connectivity index (χ1n) is 8.53. The van der Waals surface area contributed by atoms with Crippen molar-refractivity contribution in [2.45, 2.75) is 49.8 Å². The molecule has 5 nitrogen and oxygen atoms in total. The molecule has 8 heteroatoms. The molecular weight excluding hydrogens is 408 g/mol. The first-order valence-corrected chi connectivity index (χ1v) is 11.9. The zero-order valence-corrected chi connectivity index (χ0v) is 18.1. The maximum Gasteiger partial charge on any atom is 0.311 e. The van der Waals surface area contributed by atoms with Gasteiger partial charge in [-0.3, -0.25) is 0 Å². The van der Waals surface area contributed by atoms with Crippen LogP contribution in [0.5, 0.6) is 0 Å². The van der Waals surface area contributed by atoms with Crippen LogP contribution in [0.1, 0.15) is 37.3 Å². The van der Waals surface area contributed by atoms with Crippen LogP contribution in [-0.4, -0.2) is 22.7 Å². The molecule has 0 aromatic heterocycles. The van der Waals surface area contributed by atoms with Gasteiger partial charge in [-0.05, 0) is 44.5 Å². The van der Waals surface area contributed by atoms with Crippen LogP contribution >= 0.6 is 11.6 Å². The number of hydrogen-bond acceptors (Lipinski definition) is 5. The lowest BCUT2D eigenvalue weighted by Gasteiger charge is -2.07. The first kappa shape index (κ1) is 23.6. The summed E-state index contributed by atoms with van der Waals surface area (Å²) in [5.41, 5.74) is 1.71. The number of rotatable bonds is 7. The fourth-order valence-corrected chi connectivity index (χ4v) is 4.65. The van der Waals surface area contributed by atoms with E-state index in [4.69, 9.17) is 11.6 Å². The summed E-state index contributed by atoms with van der Waals surface area (Å²) >= 11 is 5.38. The van der Waals surface area contributed by atoms with Gasteiger partial charge in [-0.15, -0.1) is 15.2 Å². The molecule has 150 valence electrons. The van der Waals surface area contributed by atoms with Crippen molar-refractivity contribution in [3.05, 3.63) is 59.7 Å². The predicted molar refractivity (Wildman–Crippen MR) is 108 cm³/mol. The van der Waals surface area contributed by atoms with Crippen LogP contribution in [0.25, 0.3) is 0 Å². The van der Waals surface area contributed by atoms with Gasteiger partial charge in [0.05, 0.1) is 9.79 Å². The SMILES string of the molecule is CCCCCCl.Cc1ccc(S(=O)(=O)OS(=O)(=O)c2ccc(C)cc2)cc1. The van der Waals surface area contributed by atoms with Crippen molar-refractivity contribution < 1.29 is 20.5 Å². The molecule has 0 radical (unpaired) electrons. The minimum Gasteiger partial charge on any atom is -0.193 e. The molecule has 0 bridgehead atoms. The number of benzene rings is 2. The first-order chi connectivity index (χ1) is 12.6. The lowest BCUT2D eigenvalue weighted by molar-refractivity contribution is 0.461. The van der Waals surface area contributed by atoms with Crippen LogP contribution in [0.3, 0.4) is 0 Å². The molecule has 0 spiro atoms. The number of aryl methyl sites for hydroxylation is 2. The molecule has 2 rings (SSSR count). The predicted octanol–water partition coefficient (Wildman–Crippen LogP) is 4.81. The standard InChI is InChI=1S/C14H14O5S2.C5H11Cl/c1-11-3-7-13(8-4-11)20(15,16)19-21(17,18)14-9-5-12(2)6-10-14;1-2-3-4-5-6/h3-10H,1-2H3;2-5H2,1H3. The van der Waals surface area contributed by atoms with Crippen molar-refractivity contribution in [2.24, 2.45) is 0 Å². The number of halogens is 1. The molecule has 0 aliphatic heterocycles. The molecule has 0 saturated heterocycles. The normalized spacial score (nSPS) is 11.6. The Labute approximate surface area is 167 Å². The van der Waals surface area contributed by atoms with Crippen LogP contribution < -0.4 is 0 Å². The van der Waals surface area contributed by atoms with E-state index in [1.807, 2.05) is 0 Å². The van der Waals surface area contributed by atoms with Gasteiger partial charge in [0.15, 0.2) is 0 Å². The van der Waals surface area contributed by atoms with E-state index in [0.717, 1.165) is 17.0 Å². The summed E-state index contributed by atoms with van der Waals surface area (Å²) in [7, 11) is -8.76. The molecular formula is C19H25ClO5S2. The van der Waals surface area contributed by atoms with Crippen LogP contribution in [0.4, 0.5) is 0 Å². The second-order valence-electron chi connectivity index (χ2n) is 6.00. The summed E-state index contributed by atoms with van der Waals surface area (Å²) < 4.78 is 52.4. The van der Waals surface area contributed by atoms with Crippen molar-refractivity contribution in [1.29, 1.82) is 0 Å². The van der Waals surface area contributed by atoms with Crippen molar-refractivity contribution >= 4 is 31.8 Å². The maximum absolute atomic E-state index is 12.0. The third-order valence-electron chi connectivity index (χ3n) is 3.54. The molecule has 2 aromatic rings. The van der Waals surface area contributed by atoms with Gasteiger partial charge in [0.25, 0.3) is 0 Å². The highest BCUT2D eigenvalue weighted by atomic mass is 35.5. The monoisotopic (exact) mass is 432 g/mol. The molecule has 0 aliphatic carbocycles. The van der Waals surface area contributed by atoms with Gasteiger partial charge < -0.3 is 0 Å². The Morgan fingerprint density at radius 2 is 1.11 bits per heavy atom. The van der Waals surface area contributed by atoms with Crippen LogP contribution in [0.15, 0.2) is 58.3 Å². The fourth-order valence-electron chi connectivity index (χ4n) is 1.95. The number of unbranched alkanes of at least 4 members (excludes halogenated alkanes) is 2. The molecule has 0 N–H and O–H groups in total. The van der Waals surface area contributed by atoms with Crippen molar-refractivity contribution in [3.8, 4) is 0 Å². The Hall–Kier alpha value is -1.41. The van der Waals surface area contributed by atoms with E-state index >= 15 is 0 Å². The smallest absolute Gasteiger partial charge is 0.193 e. The Bertz CT molecular complexity index is 826. The second-order valence-corrected chi connectivity index (χ2v) is 9.68. The van der Waals surface area contributed by atoms with Gasteiger partial charge in [-0.25, -0.2) is 0 Å². The Kier molecular flexibility index (Phi) is 9.45. The molecule has 0 unspecified atom stereocenters. The summed E-state index contributed by atoms with van der Waals surface area (Å²) in [5.74, 6) is 0.827. The molecule has 2 aromatic carbocycles. The van der Waals surface area contributed by atoms with E-state index in [9.17, 15) is 16.8 Å². The van der Waals surface area contributed by atoms with Crippen LogP contribution in [0.2, 0.25) is 0 Å². The van der Waals surface area contributed by atoms with Gasteiger partial charge in [-0.1, -0.05) is 55.2 Å². The quantitative estimate of drug-likeness (QED) is 0.463. The highest BCUT2D eigenvalue weighted by Gasteiger charge is 2.26. The van der Waals surface area contributed by atoms with E-state index in [1.165, 1.54) is 43.5 Å². The average Bonchev–Trinajstić information content (AvgIpc) is 2.60. The fraction of sp³-hybridized carbons (Fsp3) is 0.368. The summed E-state index contributed by atoms with van der Waals surface area (Å²) in [6.07, 6.45) is 3.73. The van der Waals surface area contributed by atoms with Gasteiger partial charge in [0, 0.05) is 5.88 Å². The summed E-state index contributed by atoms with van der Waals surface area (Å²) in [6.45, 7) is 5.76. The molecule has 0 amide bonds. The lowest BCUT2D eigenvalue weighted by Crippen LogP contribution is -2.14. The van der Waals surface area contributed by atoms with E-state index in [-0.39, 0.29) is 9.79 Å². The molecule has 0 aliphatic rings. The third-order valence-corrected chi connectivity index (χ3v) is 6.94. The minimum atomic E-state index is -4.38. The van der Waals surface area contributed by atoms with E-state index in [0.29, 0.717) is 0 Å². The topological polar surface area (TPSA) is 77.5 Å². The van der Waals surface area contributed by atoms with E-state index < -0.39 is 20.2 Å². The molecule has 0 fully saturated rings. The van der Waals surface area contributed by atoms with Gasteiger partial charge in [0.2, 0.25) is 0 Å². The summed E-state index contributed by atoms with van der Waals surface area (Å²) in [4.78, 5) is -0.410. The average molecular weight is 433 g/mol. The van der Waals surface area contributed by atoms with Crippen molar-refractivity contribution in [2.75, 3.05) is 5.88 Å². The highest BCUT2D eigenvalue weighted by Crippen LogP contribution is 2.20. The van der Waals surface area contributed by atoms with Gasteiger partial charge in [0.1, 0.15) is 0 Å². The van der Waals surface area contributed by atoms with E-state index in [1.54, 1.807) is 38.1 Å². The largest absolute Gasteiger partial charge is 0.311 e. The minimum absolute atomic E-state index is 0.205. The zero-order chi connectivity index (χ0) is 20.5. The van der Waals surface area contributed by atoms with Gasteiger partial charge >= 0.3 is 20.2 Å². The Balaban J connectivity index is 0.000000527. The van der Waals surface area contributed by atoms with Crippen LogP contribution in [-0.2, 0) is 23.9 Å². The van der Waals surface area contributed by atoms with Gasteiger partial charge in [-0.2, -0.15) is 16.8 Å². The molecule has 0 heterocycles. The third kappa shape index (κ3) is 8.01. The van der Waals surface area contributed by atoms with Crippen LogP contribution in [0, 0.1) is 13.8 Å². The summed E-state index contributed by atoms with van der Waals surface area (Å²) in [5, 5.41) is 0. The zero-order valence-electron chi connectivity index (χ0n) is 15.7. The Morgan fingerprint density at radius 1 is 0.741 bits per heavy atom. The number of hydrogen-bond donors (Lipinski definition) is 0. The highest BCUT2D eigenvalue weighted by molar-refractivity contribution is 7.99.